The van der Waals surface area contributed by atoms with Gasteiger partial charge in [0.25, 0.3) is 0 Å². The van der Waals surface area contributed by atoms with Gasteiger partial charge in [0.15, 0.2) is 12.5 Å². The summed E-state index contributed by atoms with van der Waals surface area (Å²) in [6.45, 7) is 8.16. The maximum absolute atomic E-state index is 5.51. The number of epoxide rings is 1. The molecule has 88 valence electrons. The lowest BCUT2D eigenvalue weighted by Crippen LogP contribution is -2.47. The molecule has 0 aromatic rings. The largest absolute Gasteiger partial charge is 0.352 e. The molecule has 0 spiro atoms. The molecule has 2 aliphatic rings. The molecule has 3 heteroatoms. The second-order valence-corrected chi connectivity index (χ2v) is 5.55. The van der Waals surface area contributed by atoms with Gasteiger partial charge in [-0.25, -0.2) is 0 Å². The lowest BCUT2D eigenvalue weighted by atomic mass is 9.78. The van der Waals surface area contributed by atoms with Crippen LogP contribution in [0, 0.1) is 5.41 Å². The number of hydrogen-bond acceptors (Lipinski definition) is 3. The van der Waals surface area contributed by atoms with Gasteiger partial charge in [-0.1, -0.05) is 20.8 Å². The van der Waals surface area contributed by atoms with Crippen LogP contribution in [0.3, 0.4) is 0 Å². The molecule has 0 radical (unpaired) electrons. The van der Waals surface area contributed by atoms with Crippen molar-refractivity contribution < 1.29 is 9.47 Å². The first-order valence-corrected chi connectivity index (χ1v) is 6.01. The summed E-state index contributed by atoms with van der Waals surface area (Å²) in [6.07, 6.45) is 4.01. The molecule has 2 heterocycles. The maximum Gasteiger partial charge on any atom is 0.199 e. The molecule has 0 aliphatic carbocycles. The predicted molar refractivity (Wildman–Crippen MR) is 59.5 cm³/mol. The highest BCUT2D eigenvalue weighted by Crippen LogP contribution is 2.39. The summed E-state index contributed by atoms with van der Waals surface area (Å²) in [6, 6.07) is 0.666. The number of piperidine rings is 1. The Morgan fingerprint density at radius 1 is 1.47 bits per heavy atom. The van der Waals surface area contributed by atoms with Crippen molar-refractivity contribution in [2.45, 2.75) is 58.6 Å². The Morgan fingerprint density at radius 3 is 2.73 bits per heavy atom. The van der Waals surface area contributed by atoms with Crippen molar-refractivity contribution in [2.75, 3.05) is 13.7 Å². The molecule has 0 saturated carbocycles. The van der Waals surface area contributed by atoms with E-state index >= 15 is 0 Å². The second-order valence-electron chi connectivity index (χ2n) is 5.55. The molecular weight excluding hydrogens is 190 g/mol. The molecular formula is C12H23NO2. The van der Waals surface area contributed by atoms with Gasteiger partial charge in [0.2, 0.25) is 0 Å². The predicted octanol–water partition coefficient (Wildman–Crippen LogP) is 2.22. The summed E-state index contributed by atoms with van der Waals surface area (Å²) in [4.78, 5) is 2.49. The molecule has 0 bridgehead atoms. The number of hydrogen-bond donors (Lipinski definition) is 0. The van der Waals surface area contributed by atoms with Gasteiger partial charge >= 0.3 is 0 Å². The minimum Gasteiger partial charge on any atom is -0.352 e. The zero-order valence-electron chi connectivity index (χ0n) is 10.3. The first-order chi connectivity index (χ1) is 7.07. The molecule has 0 N–H and O–H groups in total. The Bertz CT molecular complexity index is 230. The summed E-state index contributed by atoms with van der Waals surface area (Å²) in [5, 5.41) is 0. The van der Waals surface area contributed by atoms with Crippen LogP contribution in [0.2, 0.25) is 0 Å². The molecule has 3 atom stereocenters. The van der Waals surface area contributed by atoms with Crippen molar-refractivity contribution in [3.63, 3.8) is 0 Å². The van der Waals surface area contributed by atoms with E-state index < -0.39 is 0 Å². The van der Waals surface area contributed by atoms with E-state index in [4.69, 9.17) is 9.47 Å². The minimum absolute atomic E-state index is 0.0280. The topological polar surface area (TPSA) is 25.0 Å². The number of nitrogens with zero attached hydrogens (tertiary/aromatic N) is 1. The smallest absolute Gasteiger partial charge is 0.199 e. The SMILES string of the molecule is CCC1CC(C)(C)CCN1C1OC1OC. The van der Waals surface area contributed by atoms with Crippen LogP contribution in [-0.4, -0.2) is 37.1 Å². The van der Waals surface area contributed by atoms with Crippen LogP contribution >= 0.6 is 0 Å². The molecule has 2 fully saturated rings. The van der Waals surface area contributed by atoms with Gasteiger partial charge in [-0.05, 0) is 24.7 Å². The standard InChI is InChI=1S/C12H23NO2/c1-5-9-8-12(2,3)6-7-13(9)10-11(14-4)15-10/h9-11H,5-8H2,1-4H3. The Balaban J connectivity index is 1.95. The van der Waals surface area contributed by atoms with Gasteiger partial charge in [0.05, 0.1) is 0 Å². The van der Waals surface area contributed by atoms with Crippen molar-refractivity contribution in [2.24, 2.45) is 5.41 Å². The Labute approximate surface area is 92.7 Å². The van der Waals surface area contributed by atoms with Crippen molar-refractivity contribution in [1.29, 1.82) is 0 Å². The van der Waals surface area contributed by atoms with Gasteiger partial charge in [-0.2, -0.15) is 0 Å². The third kappa shape index (κ3) is 2.35. The normalized spacial score (nSPS) is 40.4. The van der Waals surface area contributed by atoms with Crippen molar-refractivity contribution in [3.05, 3.63) is 0 Å². The van der Waals surface area contributed by atoms with E-state index in [1.807, 2.05) is 0 Å². The van der Waals surface area contributed by atoms with E-state index in [1.165, 1.54) is 19.3 Å². The van der Waals surface area contributed by atoms with Crippen LogP contribution in [-0.2, 0) is 9.47 Å². The Kier molecular flexibility index (Phi) is 3.06. The van der Waals surface area contributed by atoms with Crippen LogP contribution in [0.5, 0.6) is 0 Å². The molecule has 2 saturated heterocycles. The fourth-order valence-corrected chi connectivity index (χ4v) is 2.68. The zero-order chi connectivity index (χ0) is 11.1. The van der Waals surface area contributed by atoms with Gasteiger partial charge in [0, 0.05) is 19.7 Å². The highest BCUT2D eigenvalue weighted by atomic mass is 16.8. The van der Waals surface area contributed by atoms with E-state index in [1.54, 1.807) is 7.11 Å². The molecule has 0 aromatic heterocycles. The van der Waals surface area contributed by atoms with Gasteiger partial charge in [-0.3, -0.25) is 4.90 Å². The van der Waals surface area contributed by atoms with E-state index in [0.29, 0.717) is 11.5 Å². The average molecular weight is 213 g/mol. The van der Waals surface area contributed by atoms with Crippen molar-refractivity contribution >= 4 is 0 Å². The van der Waals surface area contributed by atoms with Gasteiger partial charge in [-0.15, -0.1) is 0 Å². The van der Waals surface area contributed by atoms with Crippen LogP contribution in [0.25, 0.3) is 0 Å². The van der Waals surface area contributed by atoms with E-state index in [9.17, 15) is 0 Å². The average Bonchev–Trinajstić information content (AvgIpc) is 2.95. The summed E-state index contributed by atoms with van der Waals surface area (Å²) in [5.74, 6) is 0. The molecule has 3 unspecified atom stereocenters. The van der Waals surface area contributed by atoms with Gasteiger partial charge < -0.3 is 9.47 Å². The minimum atomic E-state index is 0.0280. The molecule has 15 heavy (non-hydrogen) atoms. The van der Waals surface area contributed by atoms with E-state index in [0.717, 1.165) is 6.54 Å². The highest BCUT2D eigenvalue weighted by molar-refractivity contribution is 4.91. The fraction of sp³-hybridized carbons (Fsp3) is 1.00. The molecule has 2 rings (SSSR count). The Hall–Kier alpha value is -0.120. The quantitative estimate of drug-likeness (QED) is 0.672. The first kappa shape index (κ1) is 11.4. The van der Waals surface area contributed by atoms with Gasteiger partial charge in [0.1, 0.15) is 0 Å². The second kappa shape index (κ2) is 4.04. The zero-order valence-corrected chi connectivity index (χ0v) is 10.3. The van der Waals surface area contributed by atoms with E-state index in [-0.39, 0.29) is 12.5 Å². The number of rotatable bonds is 3. The summed E-state index contributed by atoms with van der Waals surface area (Å²) in [5.41, 5.74) is 0.495. The number of ether oxygens (including phenoxy) is 2. The van der Waals surface area contributed by atoms with Crippen LogP contribution < -0.4 is 0 Å². The molecule has 2 aliphatic heterocycles. The first-order valence-electron chi connectivity index (χ1n) is 6.01. The molecule has 0 aromatic carbocycles. The van der Waals surface area contributed by atoms with Crippen molar-refractivity contribution in [3.8, 4) is 0 Å². The summed E-state index contributed by atoms with van der Waals surface area (Å²) < 4.78 is 10.7. The maximum atomic E-state index is 5.51. The third-order valence-corrected chi connectivity index (χ3v) is 3.76. The van der Waals surface area contributed by atoms with Crippen LogP contribution in [0.4, 0.5) is 0 Å². The van der Waals surface area contributed by atoms with E-state index in [2.05, 4.69) is 25.7 Å². The lowest BCUT2D eigenvalue weighted by molar-refractivity contribution is 0.0314. The molecule has 3 nitrogen and oxygen atoms in total. The number of likely N-dealkylation sites (tertiary alicyclic amines) is 1. The Morgan fingerprint density at radius 2 is 2.20 bits per heavy atom. The highest BCUT2D eigenvalue weighted by Gasteiger charge is 2.48. The molecule has 0 amide bonds. The monoisotopic (exact) mass is 213 g/mol. The van der Waals surface area contributed by atoms with Crippen LogP contribution in [0.15, 0.2) is 0 Å². The summed E-state index contributed by atoms with van der Waals surface area (Å²) >= 11 is 0. The number of methoxy groups -OCH3 is 1. The van der Waals surface area contributed by atoms with Crippen molar-refractivity contribution in [1.82, 2.24) is 4.90 Å². The fourth-order valence-electron chi connectivity index (χ4n) is 2.68. The summed E-state index contributed by atoms with van der Waals surface area (Å²) in [7, 11) is 1.72. The lowest BCUT2D eigenvalue weighted by Gasteiger charge is -2.42. The third-order valence-electron chi connectivity index (χ3n) is 3.76. The van der Waals surface area contributed by atoms with Crippen LogP contribution in [0.1, 0.15) is 40.0 Å².